The zero-order chi connectivity index (χ0) is 17.9. The average molecular weight is 348 g/mol. The molecule has 2 atom stereocenters. The van der Waals surface area contributed by atoms with Gasteiger partial charge >= 0.3 is 6.03 Å². The molecule has 2 fully saturated rings. The summed E-state index contributed by atoms with van der Waals surface area (Å²) < 4.78 is 8.05. The Balaban J connectivity index is 1.41. The number of aryl methyl sites for hydroxylation is 2. The Kier molecular flexibility index (Phi) is 5.67. The van der Waals surface area contributed by atoms with E-state index >= 15 is 0 Å². The van der Waals surface area contributed by atoms with Crippen LogP contribution in [0.2, 0.25) is 0 Å². The van der Waals surface area contributed by atoms with Crippen molar-refractivity contribution in [2.24, 2.45) is 5.92 Å². The Morgan fingerprint density at radius 1 is 1.44 bits per heavy atom. The number of nitrogens with zero attached hydrogens (tertiary/aromatic N) is 2. The molecular weight excluding hydrogens is 316 g/mol. The summed E-state index contributed by atoms with van der Waals surface area (Å²) in [6.07, 6.45) is 6.67. The maximum Gasteiger partial charge on any atom is 0.315 e. The van der Waals surface area contributed by atoms with Gasteiger partial charge in [0.1, 0.15) is 0 Å². The van der Waals surface area contributed by atoms with Crippen molar-refractivity contribution >= 4 is 6.03 Å². The second-order valence-electron chi connectivity index (χ2n) is 8.00. The van der Waals surface area contributed by atoms with Crippen molar-refractivity contribution in [3.63, 3.8) is 0 Å². The highest BCUT2D eigenvalue weighted by Gasteiger charge is 2.40. The number of carbonyl (C=O) groups excluding carboxylic acids is 1. The van der Waals surface area contributed by atoms with Crippen molar-refractivity contribution in [1.82, 2.24) is 20.4 Å². The first-order chi connectivity index (χ1) is 12.0. The predicted molar refractivity (Wildman–Crippen MR) is 97.6 cm³/mol. The molecule has 0 aromatic carbocycles. The molecule has 2 N–H and O–H groups in total. The van der Waals surface area contributed by atoms with Gasteiger partial charge in [-0.2, -0.15) is 5.10 Å². The molecule has 1 aliphatic carbocycles. The van der Waals surface area contributed by atoms with E-state index < -0.39 is 0 Å². The minimum Gasteiger partial charge on any atom is -0.375 e. The molecule has 2 amide bonds. The number of hydrogen-bond acceptors (Lipinski definition) is 3. The molecule has 0 unspecified atom stereocenters. The van der Waals surface area contributed by atoms with Crippen LogP contribution in [-0.4, -0.2) is 40.6 Å². The van der Waals surface area contributed by atoms with E-state index in [4.69, 9.17) is 4.74 Å². The van der Waals surface area contributed by atoms with Crippen LogP contribution in [0.15, 0.2) is 6.07 Å². The van der Waals surface area contributed by atoms with Gasteiger partial charge in [0.2, 0.25) is 0 Å². The van der Waals surface area contributed by atoms with E-state index in [9.17, 15) is 4.79 Å². The number of amides is 2. The highest BCUT2D eigenvalue weighted by atomic mass is 16.5. The van der Waals surface area contributed by atoms with Gasteiger partial charge < -0.3 is 15.4 Å². The fourth-order valence-corrected chi connectivity index (χ4v) is 4.24. The summed E-state index contributed by atoms with van der Waals surface area (Å²) in [6, 6.07) is 2.26. The Labute approximate surface area is 150 Å². The molecule has 1 aliphatic heterocycles. The summed E-state index contributed by atoms with van der Waals surface area (Å²) in [5.41, 5.74) is 2.24. The van der Waals surface area contributed by atoms with Crippen LogP contribution in [0.3, 0.4) is 0 Å². The highest BCUT2D eigenvalue weighted by Crippen LogP contribution is 2.39. The van der Waals surface area contributed by atoms with E-state index in [2.05, 4.69) is 35.6 Å². The number of rotatable bonds is 5. The molecule has 140 valence electrons. The monoisotopic (exact) mass is 348 g/mol. The molecule has 1 spiro atoms. The Morgan fingerprint density at radius 3 is 2.88 bits per heavy atom. The molecule has 0 bridgehead atoms. The Hall–Kier alpha value is -1.56. The molecule has 1 aromatic rings. The average Bonchev–Trinajstić information content (AvgIpc) is 3.12. The fourth-order valence-electron chi connectivity index (χ4n) is 4.24. The molecule has 6 nitrogen and oxygen atoms in total. The number of ether oxygens (including phenoxy) is 1. The molecule has 2 aliphatic rings. The van der Waals surface area contributed by atoms with Crippen LogP contribution in [0, 0.1) is 19.8 Å². The van der Waals surface area contributed by atoms with Crippen LogP contribution in [0.25, 0.3) is 0 Å². The van der Waals surface area contributed by atoms with Gasteiger partial charge in [-0.1, -0.05) is 19.8 Å². The van der Waals surface area contributed by atoms with Gasteiger partial charge in [0.05, 0.1) is 11.3 Å². The molecule has 3 rings (SSSR count). The number of urea groups is 1. The Bertz CT molecular complexity index is 592. The van der Waals surface area contributed by atoms with Gasteiger partial charge in [-0.15, -0.1) is 0 Å². The zero-order valence-corrected chi connectivity index (χ0v) is 15.8. The van der Waals surface area contributed by atoms with Gasteiger partial charge in [0.25, 0.3) is 0 Å². The number of hydrogen-bond donors (Lipinski definition) is 2. The van der Waals surface area contributed by atoms with E-state index in [0.717, 1.165) is 50.2 Å². The third-order valence-electron chi connectivity index (χ3n) is 5.54. The molecule has 6 heteroatoms. The molecule has 25 heavy (non-hydrogen) atoms. The molecule has 1 saturated heterocycles. The largest absolute Gasteiger partial charge is 0.375 e. The Morgan fingerprint density at radius 2 is 2.20 bits per heavy atom. The molecule has 2 heterocycles. The quantitative estimate of drug-likeness (QED) is 0.860. The predicted octanol–water partition coefficient (Wildman–Crippen LogP) is 2.93. The minimum absolute atomic E-state index is 0.0406. The number of nitrogens with one attached hydrogen (secondary N) is 2. The SMILES string of the molecule is Cc1cc(C)n(C[C@@H](C)CNC(=O)N[C@@H]2CCOC3(CCCC3)C2)n1. The van der Waals surface area contributed by atoms with Gasteiger partial charge in [-0.25, -0.2) is 4.79 Å². The fraction of sp³-hybridized carbons (Fsp3) is 0.789. The van der Waals surface area contributed by atoms with E-state index in [1.165, 1.54) is 12.8 Å². The third kappa shape index (κ3) is 4.75. The van der Waals surface area contributed by atoms with Crippen LogP contribution in [0.5, 0.6) is 0 Å². The van der Waals surface area contributed by atoms with Crippen molar-refractivity contribution in [3.05, 3.63) is 17.5 Å². The van der Waals surface area contributed by atoms with Gasteiger partial charge in [0.15, 0.2) is 0 Å². The van der Waals surface area contributed by atoms with Crippen molar-refractivity contribution in [3.8, 4) is 0 Å². The summed E-state index contributed by atoms with van der Waals surface area (Å²) in [5, 5.41) is 10.7. The van der Waals surface area contributed by atoms with Crippen molar-refractivity contribution in [2.75, 3.05) is 13.2 Å². The van der Waals surface area contributed by atoms with Gasteiger partial charge in [0, 0.05) is 31.4 Å². The van der Waals surface area contributed by atoms with Crippen LogP contribution in [-0.2, 0) is 11.3 Å². The summed E-state index contributed by atoms with van der Waals surface area (Å²) in [7, 11) is 0. The number of aromatic nitrogens is 2. The lowest BCUT2D eigenvalue weighted by Gasteiger charge is -2.38. The molecule has 1 aromatic heterocycles. The first kappa shape index (κ1) is 18.2. The first-order valence-corrected chi connectivity index (χ1v) is 9.65. The van der Waals surface area contributed by atoms with Crippen LogP contribution >= 0.6 is 0 Å². The van der Waals surface area contributed by atoms with Crippen LogP contribution in [0.4, 0.5) is 4.79 Å². The highest BCUT2D eigenvalue weighted by molar-refractivity contribution is 5.74. The lowest BCUT2D eigenvalue weighted by atomic mass is 9.89. The smallest absolute Gasteiger partial charge is 0.315 e. The second-order valence-corrected chi connectivity index (χ2v) is 8.00. The van der Waals surface area contributed by atoms with Crippen LogP contribution in [0.1, 0.15) is 56.8 Å². The maximum atomic E-state index is 12.3. The third-order valence-corrected chi connectivity index (χ3v) is 5.54. The topological polar surface area (TPSA) is 68.2 Å². The lowest BCUT2D eigenvalue weighted by molar-refractivity contribution is -0.0820. The summed E-state index contributed by atoms with van der Waals surface area (Å²) in [5.74, 6) is 0.333. The maximum absolute atomic E-state index is 12.3. The molecule has 1 saturated carbocycles. The summed E-state index contributed by atoms with van der Waals surface area (Å²) >= 11 is 0. The van der Waals surface area contributed by atoms with Crippen LogP contribution < -0.4 is 10.6 Å². The van der Waals surface area contributed by atoms with Crippen molar-refractivity contribution in [2.45, 2.75) is 77.5 Å². The molecule has 0 radical (unpaired) electrons. The summed E-state index contributed by atoms with van der Waals surface area (Å²) in [4.78, 5) is 12.3. The standard InChI is InChI=1S/C19H32N4O2/c1-14(13-23-16(3)10-15(2)22-23)12-20-18(24)21-17-6-9-25-19(11-17)7-4-5-8-19/h10,14,17H,4-9,11-13H2,1-3H3,(H2,20,21,24)/t14-,17+/m0/s1. The van der Waals surface area contributed by atoms with Crippen molar-refractivity contribution in [1.29, 1.82) is 0 Å². The zero-order valence-electron chi connectivity index (χ0n) is 15.8. The summed E-state index contributed by atoms with van der Waals surface area (Å²) in [6.45, 7) is 8.44. The normalized spacial score (nSPS) is 23.6. The van der Waals surface area contributed by atoms with Gasteiger partial charge in [-0.3, -0.25) is 4.68 Å². The van der Waals surface area contributed by atoms with E-state index in [1.807, 2.05) is 11.6 Å². The first-order valence-electron chi connectivity index (χ1n) is 9.65. The van der Waals surface area contributed by atoms with E-state index in [0.29, 0.717) is 12.5 Å². The lowest BCUT2D eigenvalue weighted by Crippen LogP contribution is -2.50. The van der Waals surface area contributed by atoms with E-state index in [1.54, 1.807) is 0 Å². The van der Waals surface area contributed by atoms with Gasteiger partial charge in [-0.05, 0) is 51.5 Å². The van der Waals surface area contributed by atoms with Crippen molar-refractivity contribution < 1.29 is 9.53 Å². The van der Waals surface area contributed by atoms with E-state index in [-0.39, 0.29) is 17.7 Å². The minimum atomic E-state index is -0.0553. The number of carbonyl (C=O) groups is 1. The molecular formula is C19H32N4O2. The second kappa shape index (κ2) is 7.77.